The van der Waals surface area contributed by atoms with Crippen molar-refractivity contribution >= 4 is 147 Å². The summed E-state index contributed by atoms with van der Waals surface area (Å²) in [5.41, 5.74) is 11.4. The van der Waals surface area contributed by atoms with Crippen LogP contribution in [0.1, 0.15) is 214 Å². The molecule has 5 aliphatic rings. The van der Waals surface area contributed by atoms with E-state index < -0.39 is 35.1 Å². The molecule has 32 heteroatoms. The number of nitrogens with zero attached hydrogens (tertiary/aromatic N) is 10. The second kappa shape index (κ2) is 41.5. The van der Waals surface area contributed by atoms with Gasteiger partial charge in [0.05, 0.1) is 67.7 Å². The monoisotopic (exact) mass is 1840 g/mol. The minimum absolute atomic E-state index is 0.240. The fourth-order valence-corrected chi connectivity index (χ4v) is 15.9. The number of aromatic nitrogens is 7. The Morgan fingerprint density at radius 3 is 1.42 bits per heavy atom. The Balaban J connectivity index is 0.000000166. The van der Waals surface area contributed by atoms with Gasteiger partial charge in [0.2, 0.25) is 0 Å². The molecule has 664 valence electrons. The summed E-state index contributed by atoms with van der Waals surface area (Å²) < 4.78 is 61.3. The van der Waals surface area contributed by atoms with Gasteiger partial charge in [-0.3, -0.25) is 44.6 Å². The van der Waals surface area contributed by atoms with E-state index in [1.165, 1.54) is 51.1 Å². The third-order valence-corrected chi connectivity index (χ3v) is 21.9. The number of benzene rings is 6. The SMILES string of the molecule is CC(C)(C)OC(=O)N1CCc2c(C(=O)NN3CCCCC3)nn(-c3ccc(Cl)cc3Cl)c2/C1=C/c1ccc(F)cc1.CC(NC(=O)c1[nH]nc2c1CCN(C(=O)OC(C)(C)C)/C2=C\c1ccc(F)cc1)c1ccccn1.C[C@@H](NC(=O)c1nn(C2=C(Cl)C=C(Cl)CC2)c2c1CCN(C(=O)OC(C)(C)C)/C2=C\c1ccc(F)cc1)c1ccccc1.Clc1cccc(Cl)c1. The van der Waals surface area contributed by atoms with E-state index in [2.05, 4.69) is 31.2 Å². The fourth-order valence-electron chi connectivity index (χ4n) is 14.4. The number of aromatic amines is 1. The summed E-state index contributed by atoms with van der Waals surface area (Å²) >= 11 is 37.0. The molecular weight excluding hydrogens is 1750 g/mol. The molecule has 0 bridgehead atoms. The van der Waals surface area contributed by atoms with Crippen LogP contribution in [-0.2, 0) is 33.5 Å². The van der Waals surface area contributed by atoms with Crippen LogP contribution in [0.4, 0.5) is 27.6 Å². The highest BCUT2D eigenvalue weighted by Gasteiger charge is 2.41. The molecule has 6 aromatic carbocycles. The van der Waals surface area contributed by atoms with Crippen molar-refractivity contribution in [2.24, 2.45) is 0 Å². The van der Waals surface area contributed by atoms with Crippen LogP contribution in [0.25, 0.3) is 46.7 Å². The molecule has 4 aromatic heterocycles. The number of H-pyrrole nitrogens is 1. The number of hydrogen-bond acceptors (Lipinski definition) is 14. The van der Waals surface area contributed by atoms with E-state index in [0.717, 1.165) is 43.6 Å². The number of nitrogens with one attached hydrogen (secondary N) is 4. The molecule has 0 spiro atoms. The first-order valence-electron chi connectivity index (χ1n) is 41.3. The van der Waals surface area contributed by atoms with E-state index in [9.17, 15) is 41.9 Å². The molecule has 4 aliphatic heterocycles. The molecule has 2 atom stereocenters. The minimum Gasteiger partial charge on any atom is -0.443 e. The number of halogens is 9. The Kier molecular flexibility index (Phi) is 30.9. The lowest BCUT2D eigenvalue weighted by Crippen LogP contribution is -2.45. The van der Waals surface area contributed by atoms with Gasteiger partial charge in [0.1, 0.15) is 45.6 Å². The van der Waals surface area contributed by atoms with E-state index in [1.54, 1.807) is 175 Å². The maximum Gasteiger partial charge on any atom is 0.414 e. The van der Waals surface area contributed by atoms with Crippen molar-refractivity contribution in [3.63, 3.8) is 0 Å². The quantitative estimate of drug-likeness (QED) is 0.0783. The molecule has 6 amide bonds. The van der Waals surface area contributed by atoms with Gasteiger partial charge >= 0.3 is 18.3 Å². The molecule has 15 rings (SSSR count). The Bertz CT molecular complexity index is 5840. The molecule has 23 nitrogen and oxygen atoms in total. The smallest absolute Gasteiger partial charge is 0.414 e. The largest absolute Gasteiger partial charge is 0.443 e. The van der Waals surface area contributed by atoms with Crippen molar-refractivity contribution in [2.75, 3.05) is 32.7 Å². The minimum atomic E-state index is -0.742. The van der Waals surface area contributed by atoms with Crippen molar-refractivity contribution in [3.8, 4) is 5.69 Å². The summed E-state index contributed by atoms with van der Waals surface area (Å²) in [5.74, 6) is -2.12. The number of fused-ring (bicyclic) bond motifs is 3. The Morgan fingerprint density at radius 1 is 0.472 bits per heavy atom. The second-order valence-electron chi connectivity index (χ2n) is 33.5. The average molecular weight is 1850 g/mol. The summed E-state index contributed by atoms with van der Waals surface area (Å²) in [6.07, 6.45) is 12.3. The van der Waals surface area contributed by atoms with Gasteiger partial charge in [-0.05, 0) is 253 Å². The van der Waals surface area contributed by atoms with Crippen molar-refractivity contribution in [1.29, 1.82) is 0 Å². The first-order chi connectivity index (χ1) is 60.3. The molecule has 1 aliphatic carbocycles. The van der Waals surface area contributed by atoms with E-state index in [-0.39, 0.29) is 71.7 Å². The van der Waals surface area contributed by atoms with Gasteiger partial charge in [0.25, 0.3) is 17.7 Å². The third kappa shape index (κ3) is 24.9. The molecular formula is C95H97Cl6F3N14O9. The highest BCUT2D eigenvalue weighted by Crippen LogP contribution is 2.42. The van der Waals surface area contributed by atoms with Gasteiger partial charge < -0.3 is 24.8 Å². The van der Waals surface area contributed by atoms with Crippen molar-refractivity contribution < 1.29 is 56.1 Å². The number of carbonyl (C=O) groups is 6. The van der Waals surface area contributed by atoms with Crippen LogP contribution in [-0.4, -0.2) is 140 Å². The molecule has 127 heavy (non-hydrogen) atoms. The summed E-state index contributed by atoms with van der Waals surface area (Å²) in [5, 5.41) is 27.9. The molecule has 4 N–H and O–H groups in total. The number of amides is 6. The lowest BCUT2D eigenvalue weighted by atomic mass is 9.98. The van der Waals surface area contributed by atoms with Gasteiger partial charge in [-0.1, -0.05) is 155 Å². The first-order valence-corrected chi connectivity index (χ1v) is 43.6. The zero-order valence-electron chi connectivity index (χ0n) is 71.9. The maximum absolute atomic E-state index is 13.8. The topological polar surface area (TPSA) is 256 Å². The number of rotatable bonds is 13. The number of carbonyl (C=O) groups excluding carboxylic acids is 6. The summed E-state index contributed by atoms with van der Waals surface area (Å²) in [7, 11) is 0. The lowest BCUT2D eigenvalue weighted by Gasteiger charge is -2.33. The number of ether oxygens (including phenoxy) is 3. The van der Waals surface area contributed by atoms with Gasteiger partial charge in [0, 0.05) is 75.7 Å². The number of hydrogen-bond donors (Lipinski definition) is 4. The summed E-state index contributed by atoms with van der Waals surface area (Å²) in [4.78, 5) is 89.4. The van der Waals surface area contributed by atoms with Crippen LogP contribution in [0, 0.1) is 17.5 Å². The number of piperidine rings is 1. The molecule has 1 unspecified atom stereocenters. The van der Waals surface area contributed by atoms with Gasteiger partial charge in [0.15, 0.2) is 11.4 Å². The summed E-state index contributed by atoms with van der Waals surface area (Å²) in [6, 6.07) is 44.4. The number of allylic oxidation sites excluding steroid dienone is 4. The van der Waals surface area contributed by atoms with E-state index in [1.807, 2.05) is 73.5 Å². The Morgan fingerprint density at radius 2 is 0.937 bits per heavy atom. The van der Waals surface area contributed by atoms with Crippen LogP contribution in [0.3, 0.4) is 0 Å². The molecule has 8 heterocycles. The summed E-state index contributed by atoms with van der Waals surface area (Å²) in [6.45, 7) is 22.3. The van der Waals surface area contributed by atoms with Crippen molar-refractivity contribution in [1.82, 2.24) is 70.5 Å². The Hall–Kier alpha value is -11.5. The molecule has 10 aromatic rings. The molecule has 0 radical (unpaired) electrons. The molecule has 0 saturated carbocycles. The fraction of sp³-hybridized carbons (Fsp3) is 0.305. The Labute approximate surface area is 765 Å². The third-order valence-electron chi connectivity index (χ3n) is 20.3. The highest BCUT2D eigenvalue weighted by atomic mass is 35.5. The zero-order valence-corrected chi connectivity index (χ0v) is 76.4. The van der Waals surface area contributed by atoms with Crippen molar-refractivity contribution in [2.45, 2.75) is 156 Å². The second-order valence-corrected chi connectivity index (χ2v) is 36.1. The zero-order chi connectivity index (χ0) is 91.3. The van der Waals surface area contributed by atoms with Crippen LogP contribution in [0.15, 0.2) is 186 Å². The van der Waals surface area contributed by atoms with Crippen LogP contribution in [0.2, 0.25) is 20.1 Å². The normalized spacial score (nSPS) is 16.0. The number of pyridine rings is 1. The van der Waals surface area contributed by atoms with E-state index >= 15 is 0 Å². The van der Waals surface area contributed by atoms with Crippen LogP contribution >= 0.6 is 69.6 Å². The predicted octanol–water partition coefficient (Wildman–Crippen LogP) is 22.6. The van der Waals surface area contributed by atoms with E-state index in [4.69, 9.17) is 94.0 Å². The van der Waals surface area contributed by atoms with Crippen LogP contribution < -0.4 is 16.1 Å². The average Bonchev–Trinajstić information content (AvgIpc) is 1.60. The van der Waals surface area contributed by atoms with Gasteiger partial charge in [-0.2, -0.15) is 15.3 Å². The van der Waals surface area contributed by atoms with Crippen molar-refractivity contribution in [3.05, 3.63) is 302 Å². The molecule has 1 saturated heterocycles. The first kappa shape index (κ1) is 94.6. The van der Waals surface area contributed by atoms with Crippen LogP contribution in [0.5, 0.6) is 0 Å². The predicted molar refractivity (Wildman–Crippen MR) is 491 cm³/mol. The maximum atomic E-state index is 13.8. The standard InChI is InChI=1S/C33H33Cl2FN4O3.C30H32Cl2FN5O3.C26H28FN5O3.C6H4Cl2/c1-20(22-8-6-5-7-9-22)37-31(41)29-25-16-17-39(32(42)43-33(2,3)4)28(18-21-10-13-24(36)14-11-21)30(25)40(38-29)27-15-12-23(34)19-26(27)35;1-30(2,3)41-29(40)37-16-13-22-26(28(39)35-36-14-5-4-6-15-36)34-38(24-12-9-20(31)18-23(24)32)27(22)25(37)17-19-7-10-21(33)11-8-19;1-16(20-7-5-6-13-28-20)29-24(33)23-19-12-14-32(25(34)35-26(2,3)4)21(22(19)30-31-23)15-17-8-10-18(27)11-9-17;7-5-2-1-3-6(8)4-5/h5-11,13-14,18-20H,12,15-17H2,1-4H3,(H,37,41);7-12,17-18H,4-6,13-16H2,1-3H3,(H,35,39);5-11,13,15-16H,12,14H2,1-4H3,(H,29,33)(H,30,31);1-4H/b28-18-;25-17-;21-15-;/t20-;;;/m1.../s1. The molecule has 1 fully saturated rings. The van der Waals surface area contributed by atoms with E-state index in [0.29, 0.717) is 153 Å². The highest BCUT2D eigenvalue weighted by molar-refractivity contribution is 6.37. The van der Waals surface area contributed by atoms with Gasteiger partial charge in [-0.15, -0.1) is 0 Å². The van der Waals surface area contributed by atoms with Gasteiger partial charge in [-0.25, -0.2) is 41.9 Å². The number of hydrazine groups is 1. The lowest BCUT2D eigenvalue weighted by molar-refractivity contribution is 0.0339.